The van der Waals surface area contributed by atoms with Crippen LogP contribution in [0.4, 0.5) is 0 Å². The number of thioether (sulfide) groups is 1. The van der Waals surface area contributed by atoms with Crippen molar-refractivity contribution in [1.82, 2.24) is 0 Å². The summed E-state index contributed by atoms with van der Waals surface area (Å²) in [4.78, 5) is 11.0. The summed E-state index contributed by atoms with van der Waals surface area (Å²) in [5.74, 6) is 1.67. The molecule has 120 valence electrons. The number of rotatable bonds is 11. The van der Waals surface area contributed by atoms with Crippen LogP contribution in [0.15, 0.2) is 34.9 Å². The molecular weight excluding hydrogens is 300 g/mol. The summed E-state index contributed by atoms with van der Waals surface area (Å²) in [6.45, 7) is 8.67. The third-order valence-corrected chi connectivity index (χ3v) is 4.31. The molecule has 0 spiro atoms. The highest BCUT2D eigenvalue weighted by Gasteiger charge is 1.98. The molecule has 0 aromatic heterocycles. The number of hydrogen-bond acceptors (Lipinski definition) is 2. The maximum absolute atomic E-state index is 11.0. The van der Waals surface area contributed by atoms with E-state index in [0.29, 0.717) is 5.75 Å². The molecule has 0 N–H and O–H groups in total. The van der Waals surface area contributed by atoms with E-state index in [1.165, 1.54) is 16.7 Å². The van der Waals surface area contributed by atoms with E-state index in [9.17, 15) is 4.79 Å². The van der Waals surface area contributed by atoms with Crippen molar-refractivity contribution >= 4 is 29.1 Å². The van der Waals surface area contributed by atoms with Crippen molar-refractivity contribution in [3.05, 3.63) is 34.9 Å². The molecule has 0 aromatic rings. The monoisotopic (exact) mass is 328 g/mol. The summed E-state index contributed by atoms with van der Waals surface area (Å²) in [7, 11) is 0. The molecular formula is C18H29ClOS. The van der Waals surface area contributed by atoms with Crippen LogP contribution in [0, 0.1) is 0 Å². The minimum Gasteiger partial charge on any atom is -0.297 e. The lowest BCUT2D eigenvalue weighted by molar-refractivity contribution is -0.114. The third kappa shape index (κ3) is 14.2. The molecule has 0 aliphatic rings. The second-order valence-corrected chi connectivity index (χ2v) is 6.94. The fourth-order valence-corrected chi connectivity index (χ4v) is 2.81. The molecule has 21 heavy (non-hydrogen) atoms. The van der Waals surface area contributed by atoms with Gasteiger partial charge in [-0.2, -0.15) is 0 Å². The average Bonchev–Trinajstić information content (AvgIpc) is 2.42. The highest BCUT2D eigenvalue weighted by molar-refractivity contribution is 8.00. The van der Waals surface area contributed by atoms with E-state index in [4.69, 9.17) is 11.6 Å². The smallest absolute Gasteiger partial charge is 0.157 e. The first kappa shape index (κ1) is 20.5. The van der Waals surface area contributed by atoms with Crippen LogP contribution in [0.25, 0.3) is 0 Å². The lowest BCUT2D eigenvalue weighted by Crippen LogP contribution is -2.02. The Morgan fingerprint density at radius 1 is 0.952 bits per heavy atom. The first-order valence-electron chi connectivity index (χ1n) is 7.55. The number of Topliss-reactive ketones (excluding diaryl/α,β-unsaturated/α-hetero) is 1. The fraction of sp³-hybridized carbons (Fsp3) is 0.611. The van der Waals surface area contributed by atoms with Gasteiger partial charge in [-0.15, -0.1) is 23.4 Å². The van der Waals surface area contributed by atoms with E-state index in [2.05, 4.69) is 45.9 Å². The predicted molar refractivity (Wildman–Crippen MR) is 98.5 cm³/mol. The summed E-state index contributed by atoms with van der Waals surface area (Å²) in [6, 6.07) is 0. The average molecular weight is 329 g/mol. The number of halogens is 1. The molecule has 0 aromatic carbocycles. The molecule has 0 saturated heterocycles. The van der Waals surface area contributed by atoms with Crippen molar-refractivity contribution in [2.75, 3.05) is 17.4 Å². The van der Waals surface area contributed by atoms with Gasteiger partial charge < -0.3 is 0 Å². The molecule has 0 saturated carbocycles. The highest BCUT2D eigenvalue weighted by Crippen LogP contribution is 2.12. The van der Waals surface area contributed by atoms with Crippen molar-refractivity contribution in [2.24, 2.45) is 0 Å². The van der Waals surface area contributed by atoms with Gasteiger partial charge in [0.2, 0.25) is 0 Å². The van der Waals surface area contributed by atoms with Gasteiger partial charge in [0.15, 0.2) is 5.78 Å². The summed E-state index contributed by atoms with van der Waals surface area (Å²) >= 11 is 7.09. The van der Waals surface area contributed by atoms with E-state index in [-0.39, 0.29) is 11.7 Å². The number of hydrogen-bond donors (Lipinski definition) is 0. The van der Waals surface area contributed by atoms with Crippen molar-refractivity contribution in [3.63, 3.8) is 0 Å². The Hall–Kier alpha value is -0.470. The van der Waals surface area contributed by atoms with Gasteiger partial charge in [-0.05, 0) is 53.4 Å². The summed E-state index contributed by atoms with van der Waals surface area (Å²) in [5.41, 5.74) is 4.27. The topological polar surface area (TPSA) is 17.1 Å². The summed E-state index contributed by atoms with van der Waals surface area (Å²) < 4.78 is 0. The Balaban J connectivity index is 3.83. The van der Waals surface area contributed by atoms with Crippen molar-refractivity contribution < 1.29 is 4.79 Å². The van der Waals surface area contributed by atoms with Crippen LogP contribution in [0.3, 0.4) is 0 Å². The Bertz CT molecular complexity index is 390. The SMILES string of the molecule is CC(C)=CCC/C(C)=C/CC/C(C)=C/CSCC(=O)CCl. The molecule has 1 nitrogen and oxygen atoms in total. The van der Waals surface area contributed by atoms with Crippen LogP contribution in [-0.4, -0.2) is 23.2 Å². The number of alkyl halides is 1. The zero-order valence-electron chi connectivity index (χ0n) is 13.9. The van der Waals surface area contributed by atoms with Gasteiger partial charge in [0, 0.05) is 5.75 Å². The van der Waals surface area contributed by atoms with Gasteiger partial charge in [-0.1, -0.05) is 34.9 Å². The molecule has 0 aliphatic heterocycles. The maximum Gasteiger partial charge on any atom is 0.157 e. The predicted octanol–water partition coefficient (Wildman–Crippen LogP) is 5.95. The van der Waals surface area contributed by atoms with Crippen LogP contribution in [0.2, 0.25) is 0 Å². The zero-order chi connectivity index (χ0) is 16.1. The Labute approximate surface area is 139 Å². The van der Waals surface area contributed by atoms with E-state index >= 15 is 0 Å². The minimum atomic E-state index is 0.114. The van der Waals surface area contributed by atoms with Crippen LogP contribution in [0.5, 0.6) is 0 Å². The van der Waals surface area contributed by atoms with Crippen molar-refractivity contribution in [3.8, 4) is 0 Å². The summed E-state index contributed by atoms with van der Waals surface area (Å²) in [6.07, 6.45) is 11.4. The largest absolute Gasteiger partial charge is 0.297 e. The van der Waals surface area contributed by atoms with Gasteiger partial charge >= 0.3 is 0 Å². The number of carbonyl (C=O) groups is 1. The highest BCUT2D eigenvalue weighted by atomic mass is 35.5. The Morgan fingerprint density at radius 2 is 1.52 bits per heavy atom. The molecule has 0 aliphatic carbocycles. The van der Waals surface area contributed by atoms with E-state index in [0.717, 1.165) is 31.4 Å². The van der Waals surface area contributed by atoms with Gasteiger partial charge in [0.05, 0.1) is 11.6 Å². The van der Waals surface area contributed by atoms with E-state index in [1.807, 2.05) is 0 Å². The van der Waals surface area contributed by atoms with Crippen LogP contribution in [-0.2, 0) is 4.79 Å². The Kier molecular flexibility index (Phi) is 12.9. The molecule has 0 unspecified atom stereocenters. The second kappa shape index (κ2) is 13.2. The van der Waals surface area contributed by atoms with Crippen molar-refractivity contribution in [2.45, 2.75) is 53.4 Å². The number of carbonyl (C=O) groups excluding carboxylic acids is 1. The first-order chi connectivity index (χ1) is 9.95. The standard InChI is InChI=1S/C18H29ClOS/c1-15(2)7-5-8-16(3)9-6-10-17(4)11-12-21-14-18(20)13-19/h7,9,11H,5-6,8,10,12-14H2,1-4H3/b16-9+,17-11+. The first-order valence-corrected chi connectivity index (χ1v) is 9.24. The fourth-order valence-electron chi connectivity index (χ4n) is 1.75. The lowest BCUT2D eigenvalue weighted by atomic mass is 10.1. The zero-order valence-corrected chi connectivity index (χ0v) is 15.4. The molecule has 0 atom stereocenters. The van der Waals surface area contributed by atoms with E-state index in [1.54, 1.807) is 11.8 Å². The quantitative estimate of drug-likeness (QED) is 0.265. The molecule has 0 fully saturated rings. The van der Waals surface area contributed by atoms with Crippen LogP contribution >= 0.6 is 23.4 Å². The number of allylic oxidation sites excluding steroid dienone is 5. The maximum atomic E-state index is 11.0. The second-order valence-electron chi connectivity index (χ2n) is 5.65. The van der Waals surface area contributed by atoms with Crippen molar-refractivity contribution in [1.29, 1.82) is 0 Å². The van der Waals surface area contributed by atoms with Crippen LogP contribution in [0.1, 0.15) is 53.4 Å². The van der Waals surface area contributed by atoms with Gasteiger partial charge in [-0.3, -0.25) is 4.79 Å². The summed E-state index contributed by atoms with van der Waals surface area (Å²) in [5, 5.41) is 0. The van der Waals surface area contributed by atoms with Gasteiger partial charge in [-0.25, -0.2) is 0 Å². The minimum absolute atomic E-state index is 0.114. The third-order valence-electron chi connectivity index (χ3n) is 3.08. The Morgan fingerprint density at radius 3 is 2.10 bits per heavy atom. The molecule has 3 heteroatoms. The van der Waals surface area contributed by atoms with Gasteiger partial charge in [0.1, 0.15) is 0 Å². The van der Waals surface area contributed by atoms with Crippen LogP contribution < -0.4 is 0 Å². The van der Waals surface area contributed by atoms with Gasteiger partial charge in [0.25, 0.3) is 0 Å². The molecule has 0 radical (unpaired) electrons. The molecule has 0 amide bonds. The normalized spacial score (nSPS) is 12.4. The number of ketones is 1. The van der Waals surface area contributed by atoms with E-state index < -0.39 is 0 Å². The lowest BCUT2D eigenvalue weighted by Gasteiger charge is -2.02. The molecule has 0 heterocycles. The molecule has 0 rings (SSSR count). The molecule has 0 bridgehead atoms.